The van der Waals surface area contributed by atoms with E-state index < -0.39 is 30.0 Å². The third-order valence-corrected chi connectivity index (χ3v) is 6.50. The number of aromatic nitrogens is 1. The number of nitrogens with zero attached hydrogens (tertiary/aromatic N) is 2. The number of carbonyl (C=O) groups excluding carboxylic acids is 1. The van der Waals surface area contributed by atoms with Crippen molar-refractivity contribution in [2.24, 2.45) is 16.6 Å². The van der Waals surface area contributed by atoms with Crippen LogP contribution in [0, 0.1) is 18.7 Å². The summed E-state index contributed by atoms with van der Waals surface area (Å²) in [7, 11) is 0. The molecule has 0 saturated carbocycles. The van der Waals surface area contributed by atoms with Crippen LogP contribution in [0.2, 0.25) is 0 Å². The second-order valence-corrected chi connectivity index (χ2v) is 8.52. The molecule has 0 spiro atoms. The Hall–Kier alpha value is -2.52. The number of nitrogens with one attached hydrogen (secondary N) is 1. The average molecular weight is 432 g/mol. The summed E-state index contributed by atoms with van der Waals surface area (Å²) in [6.07, 6.45) is 1.30. The number of anilines is 1. The highest BCUT2D eigenvalue weighted by Gasteiger charge is 2.51. The Balaban J connectivity index is 1.70. The van der Waals surface area contributed by atoms with Gasteiger partial charge < -0.3 is 15.8 Å². The fourth-order valence-corrected chi connectivity index (χ4v) is 5.11. The highest BCUT2D eigenvalue weighted by Crippen LogP contribution is 2.48. The summed E-state index contributed by atoms with van der Waals surface area (Å²) < 4.78 is 34.2. The molecule has 3 atom stereocenters. The van der Waals surface area contributed by atoms with Crippen molar-refractivity contribution in [1.29, 1.82) is 0 Å². The summed E-state index contributed by atoms with van der Waals surface area (Å²) >= 11 is 1.32. The summed E-state index contributed by atoms with van der Waals surface area (Å²) in [5, 5.41) is 3.09. The number of fused-ring (bicyclic) bond motifs is 1. The van der Waals surface area contributed by atoms with Crippen LogP contribution in [0.3, 0.4) is 0 Å². The number of ether oxygens (including phenoxy) is 1. The van der Waals surface area contributed by atoms with E-state index in [4.69, 9.17) is 10.5 Å². The van der Waals surface area contributed by atoms with Crippen LogP contribution in [-0.4, -0.2) is 41.2 Å². The van der Waals surface area contributed by atoms with Crippen molar-refractivity contribution < 1.29 is 18.3 Å². The topological polar surface area (TPSA) is 89.6 Å². The Labute approximate surface area is 177 Å². The highest BCUT2D eigenvalue weighted by atomic mass is 32.2. The highest BCUT2D eigenvalue weighted by molar-refractivity contribution is 8.13. The van der Waals surface area contributed by atoms with Gasteiger partial charge in [-0.3, -0.25) is 14.8 Å². The molecule has 3 N–H and O–H groups in total. The van der Waals surface area contributed by atoms with E-state index in [1.54, 1.807) is 24.4 Å². The number of amides is 1. The predicted molar refractivity (Wildman–Crippen MR) is 113 cm³/mol. The number of pyridine rings is 1. The van der Waals surface area contributed by atoms with Crippen LogP contribution in [0.1, 0.15) is 28.0 Å². The van der Waals surface area contributed by atoms with Gasteiger partial charge in [0.1, 0.15) is 18.2 Å². The average Bonchev–Trinajstić information content (AvgIpc) is 2.74. The van der Waals surface area contributed by atoms with Crippen LogP contribution < -0.4 is 11.1 Å². The smallest absolute Gasteiger partial charge is 0.274 e. The maximum atomic E-state index is 15.0. The van der Waals surface area contributed by atoms with E-state index in [-0.39, 0.29) is 23.8 Å². The lowest BCUT2D eigenvalue weighted by molar-refractivity contribution is -0.0714. The summed E-state index contributed by atoms with van der Waals surface area (Å²) in [6, 6.07) is 7.73. The van der Waals surface area contributed by atoms with Gasteiger partial charge in [0.15, 0.2) is 5.17 Å². The summed E-state index contributed by atoms with van der Waals surface area (Å²) in [5.41, 5.74) is 6.84. The first kappa shape index (κ1) is 20.7. The van der Waals surface area contributed by atoms with Crippen LogP contribution >= 0.6 is 11.8 Å². The summed E-state index contributed by atoms with van der Waals surface area (Å²) in [5.74, 6) is -0.771. The Bertz CT molecular complexity index is 985. The molecule has 1 saturated heterocycles. The molecule has 6 nitrogen and oxygen atoms in total. The molecule has 2 aromatic rings. The van der Waals surface area contributed by atoms with Gasteiger partial charge in [0.25, 0.3) is 5.91 Å². The van der Waals surface area contributed by atoms with Crippen molar-refractivity contribution in [3.05, 3.63) is 59.2 Å². The molecule has 1 amide bonds. The number of rotatable bonds is 4. The van der Waals surface area contributed by atoms with Gasteiger partial charge in [-0.25, -0.2) is 8.78 Å². The van der Waals surface area contributed by atoms with E-state index in [1.165, 1.54) is 23.9 Å². The maximum absolute atomic E-state index is 15.0. The van der Waals surface area contributed by atoms with Crippen LogP contribution in [-0.2, 0) is 10.3 Å². The number of hydrogen-bond donors (Lipinski definition) is 2. The zero-order valence-corrected chi connectivity index (χ0v) is 17.2. The van der Waals surface area contributed by atoms with Crippen LogP contribution in [0.4, 0.5) is 14.5 Å². The quantitative estimate of drug-likeness (QED) is 0.773. The van der Waals surface area contributed by atoms with Gasteiger partial charge in [0.05, 0.1) is 11.6 Å². The molecular weight excluding hydrogens is 410 g/mol. The van der Waals surface area contributed by atoms with E-state index in [1.807, 2.05) is 6.92 Å². The van der Waals surface area contributed by atoms with Crippen LogP contribution in [0.25, 0.3) is 0 Å². The second kappa shape index (κ2) is 8.31. The first-order valence-electron chi connectivity index (χ1n) is 9.62. The van der Waals surface area contributed by atoms with Crippen molar-refractivity contribution in [2.45, 2.75) is 25.0 Å². The Kier molecular flexibility index (Phi) is 5.75. The number of thioether (sulfide) groups is 1. The standard InChI is InChI=1S/C21H22F2N4O2S/c1-12-2-5-17(25-10-12)19(28)26-13-3-4-16(23)14(8-13)21-6-7-29-18(9-22)15(21)11-30-20(24)27-21/h2-5,8,10,15,18H,6-7,9,11H2,1H3,(H2,24,27)(H,26,28). The molecule has 158 valence electrons. The van der Waals surface area contributed by atoms with Gasteiger partial charge in [-0.15, -0.1) is 0 Å². The normalized spacial score (nSPS) is 25.9. The SMILES string of the molecule is Cc1ccc(C(=O)Nc2ccc(F)c(C34CCOC(CF)C3CSC(N)=N4)c2)nc1. The van der Waals surface area contributed by atoms with Gasteiger partial charge in [0, 0.05) is 42.1 Å². The van der Waals surface area contributed by atoms with Gasteiger partial charge in [-0.2, -0.15) is 0 Å². The zero-order chi connectivity index (χ0) is 21.3. The van der Waals surface area contributed by atoms with Crippen molar-refractivity contribution in [1.82, 2.24) is 4.98 Å². The number of aryl methyl sites for hydroxylation is 1. The number of hydrogen-bond acceptors (Lipinski definition) is 6. The van der Waals surface area contributed by atoms with Crippen molar-refractivity contribution >= 4 is 28.5 Å². The molecule has 4 rings (SSSR count). The van der Waals surface area contributed by atoms with Gasteiger partial charge in [-0.05, 0) is 36.8 Å². The molecule has 0 bridgehead atoms. The number of alkyl halides is 1. The number of benzene rings is 1. The van der Waals surface area contributed by atoms with Gasteiger partial charge in [-0.1, -0.05) is 17.8 Å². The van der Waals surface area contributed by atoms with Crippen LogP contribution in [0.15, 0.2) is 41.5 Å². The first-order valence-corrected chi connectivity index (χ1v) is 10.6. The predicted octanol–water partition coefficient (Wildman–Crippen LogP) is 3.41. The molecule has 3 heterocycles. The number of halogens is 2. The lowest BCUT2D eigenvalue weighted by atomic mass is 9.72. The van der Waals surface area contributed by atoms with Crippen molar-refractivity contribution in [2.75, 3.05) is 24.4 Å². The molecular formula is C21H22F2N4O2S. The lowest BCUT2D eigenvalue weighted by Crippen LogP contribution is -2.52. The molecule has 0 aliphatic carbocycles. The number of carbonyl (C=O) groups is 1. The van der Waals surface area contributed by atoms with Crippen LogP contribution in [0.5, 0.6) is 0 Å². The molecule has 1 aromatic carbocycles. The van der Waals surface area contributed by atoms with Crippen molar-refractivity contribution in [3.63, 3.8) is 0 Å². The fourth-order valence-electron chi connectivity index (χ4n) is 4.04. The van der Waals surface area contributed by atoms with E-state index in [0.29, 0.717) is 23.0 Å². The van der Waals surface area contributed by atoms with E-state index in [2.05, 4.69) is 15.3 Å². The second-order valence-electron chi connectivity index (χ2n) is 7.47. The summed E-state index contributed by atoms with van der Waals surface area (Å²) in [6.45, 7) is 1.44. The molecule has 2 aliphatic rings. The minimum absolute atomic E-state index is 0.246. The minimum atomic E-state index is -1.03. The van der Waals surface area contributed by atoms with E-state index >= 15 is 4.39 Å². The molecule has 0 radical (unpaired) electrons. The number of aliphatic imine (C=N–C) groups is 1. The van der Waals surface area contributed by atoms with Gasteiger partial charge in [0.2, 0.25) is 0 Å². The Morgan fingerprint density at radius 2 is 2.23 bits per heavy atom. The van der Waals surface area contributed by atoms with Gasteiger partial charge >= 0.3 is 0 Å². The molecule has 1 fully saturated rings. The maximum Gasteiger partial charge on any atom is 0.274 e. The third kappa shape index (κ3) is 3.79. The molecule has 9 heteroatoms. The zero-order valence-electron chi connectivity index (χ0n) is 16.4. The molecule has 3 unspecified atom stereocenters. The van der Waals surface area contributed by atoms with E-state index in [9.17, 15) is 9.18 Å². The van der Waals surface area contributed by atoms with E-state index in [0.717, 1.165) is 5.56 Å². The molecule has 2 aliphatic heterocycles. The third-order valence-electron chi connectivity index (χ3n) is 5.58. The Morgan fingerprint density at radius 1 is 1.40 bits per heavy atom. The summed E-state index contributed by atoms with van der Waals surface area (Å²) in [4.78, 5) is 21.3. The number of nitrogens with two attached hydrogens (primary N) is 1. The number of amidine groups is 1. The fraction of sp³-hybridized carbons (Fsp3) is 0.381. The Morgan fingerprint density at radius 3 is 2.97 bits per heavy atom. The first-order chi connectivity index (χ1) is 14.4. The largest absolute Gasteiger partial charge is 0.379 e. The molecule has 1 aromatic heterocycles. The minimum Gasteiger partial charge on any atom is -0.379 e. The molecule has 30 heavy (non-hydrogen) atoms. The monoisotopic (exact) mass is 432 g/mol. The van der Waals surface area contributed by atoms with Crippen molar-refractivity contribution in [3.8, 4) is 0 Å². The lowest BCUT2D eigenvalue weighted by Gasteiger charge is -2.47.